The molecule has 0 amide bonds. The second-order valence-electron chi connectivity index (χ2n) is 18.7. The van der Waals surface area contributed by atoms with Crippen molar-refractivity contribution in [2.45, 2.75) is 143 Å². The van der Waals surface area contributed by atoms with Crippen molar-refractivity contribution < 1.29 is 22.9 Å². The summed E-state index contributed by atoms with van der Waals surface area (Å²) >= 11 is 0. The van der Waals surface area contributed by atoms with Gasteiger partial charge < -0.3 is 5.11 Å². The van der Waals surface area contributed by atoms with Crippen LogP contribution in [-0.2, 0) is 0 Å². The Morgan fingerprint density at radius 2 is 1.64 bits per heavy atom. The Kier molecular flexibility index (Phi) is 11.6. The Morgan fingerprint density at radius 3 is 2.34 bits per heavy atom. The summed E-state index contributed by atoms with van der Waals surface area (Å²) in [5.74, 6) is 6.51. The maximum Gasteiger partial charge on any atom is 0.392 e. The van der Waals surface area contributed by atoms with Gasteiger partial charge in [-0.3, -0.25) is 0 Å². The number of halogens is 3. The minimum atomic E-state index is -4.11. The van der Waals surface area contributed by atoms with Gasteiger partial charge in [-0.1, -0.05) is 78.4 Å². The normalized spacial score (nSPS) is 43.9. The van der Waals surface area contributed by atoms with Gasteiger partial charge in [0.2, 0.25) is 0 Å². The van der Waals surface area contributed by atoms with E-state index in [0.29, 0.717) is 17.8 Å². The fourth-order valence-electron chi connectivity index (χ4n) is 11.7. The number of fused-ring (bicyclic) bond motifs is 1. The molecule has 5 saturated carbocycles. The minimum absolute atomic E-state index is 0.0158. The molecule has 1 N–H and O–H groups in total. The summed E-state index contributed by atoms with van der Waals surface area (Å²) in [5.41, 5.74) is 0. The number of nitrogens with zero attached hydrogens (tertiary/aromatic N) is 1. The van der Waals surface area contributed by atoms with Crippen LogP contribution in [0.25, 0.3) is 0 Å². The Labute approximate surface area is 285 Å². The topological polar surface area (TPSA) is 23.2 Å². The molecule has 0 bridgehead atoms. The Hall–Kier alpha value is -0.840. The third-order valence-corrected chi connectivity index (χ3v) is 15.2. The molecule has 1 heterocycles. The van der Waals surface area contributed by atoms with Crippen molar-refractivity contribution in [2.24, 2.45) is 88.8 Å². The first-order chi connectivity index (χ1) is 22.4. The zero-order valence-corrected chi connectivity index (χ0v) is 30.5. The molecule has 0 aromatic rings. The molecule has 5 fully saturated rings. The smallest absolute Gasteiger partial charge is 0.389 e. The van der Waals surface area contributed by atoms with E-state index in [-0.39, 0.29) is 30.1 Å². The van der Waals surface area contributed by atoms with Crippen LogP contribution in [0.1, 0.15) is 130 Å². The van der Waals surface area contributed by atoms with E-state index in [1.54, 1.807) is 0 Å². The Balaban J connectivity index is 0.941. The molecule has 47 heavy (non-hydrogen) atoms. The first-order valence-electron chi connectivity index (χ1n) is 20.3. The van der Waals surface area contributed by atoms with Crippen LogP contribution in [-0.4, -0.2) is 41.8 Å². The van der Waals surface area contributed by atoms with Gasteiger partial charge in [-0.15, -0.1) is 0 Å². The first kappa shape index (κ1) is 36.0. The van der Waals surface area contributed by atoms with E-state index in [4.69, 9.17) is 0 Å². The third kappa shape index (κ3) is 9.10. The predicted octanol–water partition coefficient (Wildman–Crippen LogP) is 10.8. The zero-order chi connectivity index (χ0) is 33.5. The lowest BCUT2D eigenvalue weighted by atomic mass is 9.69. The highest BCUT2D eigenvalue weighted by molar-refractivity contribution is 5.53. The molecule has 6 aliphatic rings. The Morgan fingerprint density at radius 1 is 0.830 bits per heavy atom. The van der Waals surface area contributed by atoms with Crippen LogP contribution < -0.4 is 0 Å². The van der Waals surface area contributed by atoms with E-state index < -0.39 is 18.2 Å². The van der Waals surface area contributed by atoms with E-state index in [1.807, 2.05) is 12.2 Å². The molecule has 16 atom stereocenters. The number of alkyl halides is 3. The molecule has 0 aromatic carbocycles. The van der Waals surface area contributed by atoms with Crippen molar-refractivity contribution in [3.63, 3.8) is 0 Å². The van der Waals surface area contributed by atoms with E-state index >= 15 is 0 Å². The number of rotatable bonds is 14. The number of hydrogen-bond acceptors (Lipinski definition) is 1. The van der Waals surface area contributed by atoms with Crippen LogP contribution in [0, 0.1) is 88.8 Å². The van der Waals surface area contributed by atoms with Crippen molar-refractivity contribution in [3.05, 3.63) is 12.2 Å². The highest BCUT2D eigenvalue weighted by atomic mass is 19.4. The second kappa shape index (κ2) is 15.2. The number of allylic oxidation sites excluding steroid dienone is 1. The van der Waals surface area contributed by atoms with Gasteiger partial charge in [0.05, 0.1) is 12.0 Å². The lowest BCUT2D eigenvalue weighted by Gasteiger charge is -2.37. The summed E-state index contributed by atoms with van der Waals surface area (Å²) < 4.78 is 45.5. The highest BCUT2D eigenvalue weighted by Gasteiger charge is 2.59. The van der Waals surface area contributed by atoms with Gasteiger partial charge >= 0.3 is 6.18 Å². The van der Waals surface area contributed by atoms with Crippen LogP contribution >= 0.6 is 0 Å². The van der Waals surface area contributed by atoms with Gasteiger partial charge in [-0.2, -0.15) is 13.2 Å². The maximum absolute atomic E-state index is 14.4. The average molecular weight is 661 g/mol. The standard InChI is InChI=1S/C42H69F3NO/c1-26(6-9-28(3)34-18-19-46(5)25-34)8-13-31-21-37(31)36-22-33(14-10-29(36)4)41(47)17-15-32-23-40(42(43,44)45)35(39-24-38(32)39)16-12-30-11-7-27(2)20-30/h15,17,19,26-41,47H,6-14,16,18,20-25H2,1-5H3/q+1. The van der Waals surface area contributed by atoms with Crippen molar-refractivity contribution in [1.82, 2.24) is 0 Å². The van der Waals surface area contributed by atoms with E-state index in [1.165, 1.54) is 70.8 Å². The number of aliphatic hydroxyl groups excluding tert-OH is 1. The molecule has 0 spiro atoms. The number of aliphatic hydroxyl groups is 1. The van der Waals surface area contributed by atoms with Crippen molar-refractivity contribution >= 4 is 6.21 Å². The van der Waals surface area contributed by atoms with E-state index in [0.717, 1.165) is 73.5 Å². The van der Waals surface area contributed by atoms with Crippen LogP contribution in [0.5, 0.6) is 0 Å². The quantitative estimate of drug-likeness (QED) is 0.145. The molecular formula is C42H69F3NO+. The Bertz CT molecular complexity index is 1080. The van der Waals surface area contributed by atoms with Crippen LogP contribution in [0.3, 0.4) is 0 Å². The molecule has 6 rings (SSSR count). The molecular weight excluding hydrogens is 591 g/mol. The minimum Gasteiger partial charge on any atom is -0.389 e. The van der Waals surface area contributed by atoms with Crippen LogP contribution in [0.15, 0.2) is 12.2 Å². The maximum atomic E-state index is 14.4. The molecule has 1 aliphatic heterocycles. The summed E-state index contributed by atoms with van der Waals surface area (Å²) in [5, 5.41) is 11.3. The summed E-state index contributed by atoms with van der Waals surface area (Å²) in [6.45, 7) is 10.9. The molecule has 5 heteroatoms. The predicted molar refractivity (Wildman–Crippen MR) is 187 cm³/mol. The second-order valence-corrected chi connectivity index (χ2v) is 18.7. The van der Waals surface area contributed by atoms with E-state index in [2.05, 4.69) is 45.5 Å². The first-order valence-corrected chi connectivity index (χ1v) is 20.3. The van der Waals surface area contributed by atoms with Gasteiger partial charge in [-0.05, 0) is 135 Å². The third-order valence-electron chi connectivity index (χ3n) is 15.2. The van der Waals surface area contributed by atoms with Crippen LogP contribution in [0.2, 0.25) is 0 Å². The summed E-state index contributed by atoms with van der Waals surface area (Å²) in [6, 6.07) is 0. The zero-order valence-electron chi connectivity index (χ0n) is 30.5. The van der Waals surface area contributed by atoms with Crippen LogP contribution in [0.4, 0.5) is 13.2 Å². The molecule has 5 aliphatic carbocycles. The molecule has 268 valence electrons. The average Bonchev–Trinajstić information content (AvgIpc) is 3.91. The molecule has 16 unspecified atom stereocenters. The van der Waals surface area contributed by atoms with Gasteiger partial charge in [0.15, 0.2) is 0 Å². The van der Waals surface area contributed by atoms with Crippen molar-refractivity contribution in [2.75, 3.05) is 13.6 Å². The molecule has 0 saturated heterocycles. The summed E-state index contributed by atoms with van der Waals surface area (Å²) in [4.78, 5) is 0. The molecule has 0 aromatic heterocycles. The summed E-state index contributed by atoms with van der Waals surface area (Å²) in [6.07, 6.45) is 19.7. The van der Waals surface area contributed by atoms with Gasteiger partial charge in [0.1, 0.15) is 19.8 Å². The molecule has 0 radical (unpaired) electrons. The van der Waals surface area contributed by atoms with Crippen molar-refractivity contribution in [1.29, 1.82) is 0 Å². The summed E-state index contributed by atoms with van der Waals surface area (Å²) in [7, 11) is 2.20. The lowest BCUT2D eigenvalue weighted by Crippen LogP contribution is -2.37. The van der Waals surface area contributed by atoms with Gasteiger partial charge in [0.25, 0.3) is 0 Å². The number of hydrogen-bond donors (Lipinski definition) is 1. The van der Waals surface area contributed by atoms with Gasteiger partial charge in [0, 0.05) is 12.3 Å². The largest absolute Gasteiger partial charge is 0.392 e. The van der Waals surface area contributed by atoms with E-state index in [9.17, 15) is 18.3 Å². The monoisotopic (exact) mass is 661 g/mol. The highest BCUT2D eigenvalue weighted by Crippen LogP contribution is 2.62. The SMILES string of the molecule is CC(CCC(C)C1CC=[N+](C)C1)CCC1CC1C1CC(C(O)C=CC2CC(C(F)(F)F)C(CCC3CCC(C)C3)C3CC23)CCC1C. The fraction of sp³-hybridized carbons (Fsp3) is 0.929. The fourth-order valence-corrected chi connectivity index (χ4v) is 11.7. The lowest BCUT2D eigenvalue weighted by molar-refractivity contribution is -0.491. The van der Waals surface area contributed by atoms with Gasteiger partial charge in [-0.25, -0.2) is 4.58 Å². The van der Waals surface area contributed by atoms with Crippen molar-refractivity contribution in [3.8, 4) is 0 Å². The molecule has 2 nitrogen and oxygen atoms in total.